The van der Waals surface area contributed by atoms with Crippen molar-refractivity contribution in [2.24, 2.45) is 0 Å². The van der Waals surface area contributed by atoms with Gasteiger partial charge in [-0.3, -0.25) is 9.52 Å². The average Bonchev–Trinajstić information content (AvgIpc) is 2.72. The van der Waals surface area contributed by atoms with Gasteiger partial charge in [0.25, 0.3) is 15.9 Å². The lowest BCUT2D eigenvalue weighted by molar-refractivity contribution is -0.123. The number of nitrogens with one attached hydrogen (secondary N) is 2. The summed E-state index contributed by atoms with van der Waals surface area (Å²) in [6.45, 7) is 0.238. The van der Waals surface area contributed by atoms with Crippen LogP contribution in [0.4, 0.5) is 24.5 Å². The fourth-order valence-electron chi connectivity index (χ4n) is 3.24. The van der Waals surface area contributed by atoms with E-state index in [-0.39, 0.29) is 10.5 Å². The molecular formula is C20H22F3N3O3S. The Bertz CT molecular complexity index is 986. The number of anilines is 2. The molecule has 30 heavy (non-hydrogen) atoms. The van der Waals surface area contributed by atoms with Crippen LogP contribution in [-0.2, 0) is 10.0 Å². The first-order valence-corrected chi connectivity index (χ1v) is 11.0. The maximum atomic E-state index is 12.8. The molecule has 6 nitrogen and oxygen atoms in total. The molecule has 1 fully saturated rings. The van der Waals surface area contributed by atoms with Crippen LogP contribution in [-0.4, -0.2) is 40.1 Å². The number of benzene rings is 2. The van der Waals surface area contributed by atoms with Gasteiger partial charge in [0.2, 0.25) is 0 Å². The third-order valence-electron chi connectivity index (χ3n) is 4.72. The monoisotopic (exact) mass is 441 g/mol. The van der Waals surface area contributed by atoms with Crippen LogP contribution in [0.5, 0.6) is 0 Å². The molecule has 2 aromatic carbocycles. The highest BCUT2D eigenvalue weighted by atomic mass is 32.2. The van der Waals surface area contributed by atoms with E-state index in [0.717, 1.165) is 38.0 Å². The molecule has 162 valence electrons. The summed E-state index contributed by atoms with van der Waals surface area (Å²) >= 11 is 0. The first kappa shape index (κ1) is 21.9. The van der Waals surface area contributed by atoms with Crippen molar-refractivity contribution in [1.82, 2.24) is 5.32 Å². The second kappa shape index (κ2) is 8.95. The highest BCUT2D eigenvalue weighted by molar-refractivity contribution is 7.92. The number of piperidine rings is 1. The predicted molar refractivity (Wildman–Crippen MR) is 108 cm³/mol. The first-order valence-electron chi connectivity index (χ1n) is 9.47. The Kier molecular flexibility index (Phi) is 6.55. The van der Waals surface area contributed by atoms with Gasteiger partial charge in [-0.1, -0.05) is 12.1 Å². The molecule has 1 amide bonds. The molecule has 0 radical (unpaired) electrons. The van der Waals surface area contributed by atoms with Crippen LogP contribution in [0.15, 0.2) is 53.4 Å². The fraction of sp³-hybridized carbons (Fsp3) is 0.350. The van der Waals surface area contributed by atoms with Crippen molar-refractivity contribution < 1.29 is 26.4 Å². The molecule has 2 N–H and O–H groups in total. The second-order valence-corrected chi connectivity index (χ2v) is 8.67. The van der Waals surface area contributed by atoms with E-state index in [9.17, 15) is 26.4 Å². The largest absolute Gasteiger partial charge is 0.405 e. The number of hydrogen-bond acceptors (Lipinski definition) is 4. The molecule has 0 unspecified atom stereocenters. The van der Waals surface area contributed by atoms with Crippen molar-refractivity contribution in [3.8, 4) is 0 Å². The molecule has 0 aliphatic carbocycles. The topological polar surface area (TPSA) is 78.5 Å². The average molecular weight is 441 g/mol. The predicted octanol–water partition coefficient (Wildman–Crippen LogP) is 3.77. The summed E-state index contributed by atoms with van der Waals surface area (Å²) < 4.78 is 64.8. The highest BCUT2D eigenvalue weighted by Crippen LogP contribution is 2.30. The molecule has 2 aromatic rings. The van der Waals surface area contributed by atoms with Gasteiger partial charge in [0, 0.05) is 18.7 Å². The van der Waals surface area contributed by atoms with E-state index in [0.29, 0.717) is 5.69 Å². The number of para-hydroxylation sites is 2. The van der Waals surface area contributed by atoms with E-state index in [1.54, 1.807) is 17.4 Å². The molecule has 3 rings (SSSR count). The molecule has 1 aliphatic rings. The summed E-state index contributed by atoms with van der Waals surface area (Å²) in [6.07, 6.45) is -1.30. The molecule has 0 atom stereocenters. The van der Waals surface area contributed by atoms with Crippen LogP contribution in [0, 0.1) is 0 Å². The number of rotatable bonds is 6. The SMILES string of the molecule is O=C(NCC(F)(F)F)c1ccc(S(=O)(=O)Nc2ccccc2N2CCCCC2)cc1. The van der Waals surface area contributed by atoms with Gasteiger partial charge in [-0.2, -0.15) is 13.2 Å². The Balaban J connectivity index is 1.74. The van der Waals surface area contributed by atoms with Crippen LogP contribution in [0.3, 0.4) is 0 Å². The Morgan fingerprint density at radius 3 is 2.23 bits per heavy atom. The number of carbonyl (C=O) groups is 1. The second-order valence-electron chi connectivity index (χ2n) is 6.99. The zero-order chi connectivity index (χ0) is 21.8. The summed E-state index contributed by atoms with van der Waals surface area (Å²) in [5, 5.41) is 1.75. The molecule has 0 bridgehead atoms. The quantitative estimate of drug-likeness (QED) is 0.715. The molecule has 10 heteroatoms. The minimum Gasteiger partial charge on any atom is -0.370 e. The molecule has 1 heterocycles. The summed E-state index contributed by atoms with van der Waals surface area (Å²) in [6, 6.07) is 11.9. The molecule has 0 spiro atoms. The lowest BCUT2D eigenvalue weighted by Gasteiger charge is -2.30. The van der Waals surface area contributed by atoms with Gasteiger partial charge in [-0.05, 0) is 55.7 Å². The van der Waals surface area contributed by atoms with E-state index in [4.69, 9.17) is 0 Å². The number of carbonyl (C=O) groups excluding carboxylic acids is 1. The minimum atomic E-state index is -4.52. The number of nitrogens with zero attached hydrogens (tertiary/aromatic N) is 1. The maximum absolute atomic E-state index is 12.8. The van der Waals surface area contributed by atoms with Crippen molar-refractivity contribution in [3.63, 3.8) is 0 Å². The van der Waals surface area contributed by atoms with Gasteiger partial charge < -0.3 is 10.2 Å². The van der Waals surface area contributed by atoms with Gasteiger partial charge in [-0.25, -0.2) is 8.42 Å². The van der Waals surface area contributed by atoms with Crippen molar-refractivity contribution in [2.45, 2.75) is 30.3 Å². The minimum absolute atomic E-state index is 0.0630. The molecule has 1 saturated heterocycles. The first-order chi connectivity index (χ1) is 14.2. The van der Waals surface area contributed by atoms with Crippen molar-refractivity contribution in [2.75, 3.05) is 29.3 Å². The lowest BCUT2D eigenvalue weighted by Crippen LogP contribution is -2.33. The van der Waals surface area contributed by atoms with Crippen LogP contribution in [0.2, 0.25) is 0 Å². The summed E-state index contributed by atoms with van der Waals surface area (Å²) in [7, 11) is -3.94. The van der Waals surface area contributed by atoms with E-state index in [1.807, 2.05) is 12.1 Å². The van der Waals surface area contributed by atoms with Gasteiger partial charge in [0.05, 0.1) is 16.3 Å². The third-order valence-corrected chi connectivity index (χ3v) is 6.10. The smallest absolute Gasteiger partial charge is 0.370 e. The normalized spacial score (nSPS) is 15.0. The molecule has 0 aromatic heterocycles. The van der Waals surface area contributed by atoms with Crippen LogP contribution in [0.1, 0.15) is 29.6 Å². The van der Waals surface area contributed by atoms with Crippen LogP contribution >= 0.6 is 0 Å². The Hall–Kier alpha value is -2.75. The van der Waals surface area contributed by atoms with Crippen molar-refractivity contribution in [1.29, 1.82) is 0 Å². The zero-order valence-corrected chi connectivity index (χ0v) is 16.9. The Morgan fingerprint density at radius 1 is 0.967 bits per heavy atom. The van der Waals surface area contributed by atoms with E-state index < -0.39 is 28.7 Å². The van der Waals surface area contributed by atoms with E-state index >= 15 is 0 Å². The van der Waals surface area contributed by atoms with Gasteiger partial charge in [0.1, 0.15) is 6.54 Å². The summed E-state index contributed by atoms with van der Waals surface area (Å²) in [4.78, 5) is 13.8. The zero-order valence-electron chi connectivity index (χ0n) is 16.1. The van der Waals surface area contributed by atoms with Gasteiger partial charge in [0.15, 0.2) is 0 Å². The summed E-state index contributed by atoms with van der Waals surface area (Å²) in [5.74, 6) is -0.931. The maximum Gasteiger partial charge on any atom is 0.405 e. The number of alkyl halides is 3. The van der Waals surface area contributed by atoms with Crippen molar-refractivity contribution >= 4 is 27.3 Å². The Morgan fingerprint density at radius 2 is 1.60 bits per heavy atom. The standard InChI is InChI=1S/C20H22F3N3O3S/c21-20(22,23)14-24-19(27)15-8-10-16(11-9-15)30(28,29)25-17-6-2-3-7-18(17)26-12-4-1-5-13-26/h2-3,6-11,25H,1,4-5,12-14H2,(H,24,27). The highest BCUT2D eigenvalue weighted by Gasteiger charge is 2.28. The van der Waals surface area contributed by atoms with Crippen LogP contribution < -0.4 is 14.9 Å². The van der Waals surface area contributed by atoms with E-state index in [1.165, 1.54) is 24.3 Å². The number of halogens is 3. The van der Waals surface area contributed by atoms with Crippen LogP contribution in [0.25, 0.3) is 0 Å². The molecule has 1 aliphatic heterocycles. The number of sulfonamides is 1. The number of hydrogen-bond donors (Lipinski definition) is 2. The van der Waals surface area contributed by atoms with Gasteiger partial charge in [-0.15, -0.1) is 0 Å². The molecule has 0 saturated carbocycles. The van der Waals surface area contributed by atoms with Crippen molar-refractivity contribution in [3.05, 3.63) is 54.1 Å². The third kappa shape index (κ3) is 5.65. The number of amides is 1. The fourth-order valence-corrected chi connectivity index (χ4v) is 4.32. The summed E-state index contributed by atoms with van der Waals surface area (Å²) in [5.41, 5.74) is 1.18. The van der Waals surface area contributed by atoms with E-state index in [2.05, 4.69) is 9.62 Å². The Labute approximate surface area is 173 Å². The lowest BCUT2D eigenvalue weighted by atomic mass is 10.1. The molecular weight excluding hydrogens is 419 g/mol. The van der Waals surface area contributed by atoms with Gasteiger partial charge >= 0.3 is 6.18 Å².